The number of likely N-dealkylation sites (tertiary alicyclic amines) is 1. The van der Waals surface area contributed by atoms with Crippen molar-refractivity contribution in [2.45, 2.75) is 31.5 Å². The van der Waals surface area contributed by atoms with Gasteiger partial charge in [0.2, 0.25) is 0 Å². The average Bonchev–Trinajstić information content (AvgIpc) is 2.78. The van der Waals surface area contributed by atoms with E-state index in [9.17, 15) is 8.78 Å². The average molecular weight is 281 g/mol. The zero-order valence-electron chi connectivity index (χ0n) is 11.8. The monoisotopic (exact) mass is 281 g/mol. The van der Waals surface area contributed by atoms with E-state index in [1.807, 2.05) is 0 Å². The van der Waals surface area contributed by atoms with Crippen molar-refractivity contribution in [3.63, 3.8) is 0 Å². The molecule has 1 unspecified atom stereocenters. The van der Waals surface area contributed by atoms with Crippen molar-refractivity contribution in [3.8, 4) is 0 Å². The standard InChI is InChI=1S/C15H21F2N3/c1-19-4-2-12(3-5-19)20-9-10-6-11(16)7-13(17)15(10)14(20)8-18/h6-7,12,14H,2-5,8-9,18H2,1H3. The van der Waals surface area contributed by atoms with Gasteiger partial charge in [0, 0.05) is 30.8 Å². The molecule has 1 saturated heterocycles. The second-order valence-corrected chi connectivity index (χ2v) is 5.92. The van der Waals surface area contributed by atoms with Crippen LogP contribution in [0, 0.1) is 11.6 Å². The second-order valence-electron chi connectivity index (χ2n) is 5.92. The number of hydrogen-bond donors (Lipinski definition) is 1. The summed E-state index contributed by atoms with van der Waals surface area (Å²) >= 11 is 0. The predicted octanol–water partition coefficient (Wildman–Crippen LogP) is 1.87. The fraction of sp³-hybridized carbons (Fsp3) is 0.600. The smallest absolute Gasteiger partial charge is 0.131 e. The highest BCUT2D eigenvalue weighted by Gasteiger charge is 2.37. The topological polar surface area (TPSA) is 32.5 Å². The molecule has 3 rings (SSSR count). The number of halogens is 2. The molecule has 0 spiro atoms. The van der Waals surface area contributed by atoms with Crippen LogP contribution in [0.2, 0.25) is 0 Å². The number of fused-ring (bicyclic) bond motifs is 1. The summed E-state index contributed by atoms with van der Waals surface area (Å²) in [6, 6.07) is 2.73. The van der Waals surface area contributed by atoms with Gasteiger partial charge in [-0.1, -0.05) is 0 Å². The van der Waals surface area contributed by atoms with Crippen molar-refractivity contribution < 1.29 is 8.78 Å². The van der Waals surface area contributed by atoms with Crippen molar-refractivity contribution in [2.75, 3.05) is 26.7 Å². The van der Waals surface area contributed by atoms with Crippen LogP contribution in [0.25, 0.3) is 0 Å². The van der Waals surface area contributed by atoms with Crippen molar-refractivity contribution in [1.82, 2.24) is 9.80 Å². The highest BCUT2D eigenvalue weighted by atomic mass is 19.1. The molecule has 0 amide bonds. The molecule has 0 aromatic heterocycles. The van der Waals surface area contributed by atoms with E-state index in [-0.39, 0.29) is 6.04 Å². The van der Waals surface area contributed by atoms with E-state index in [0.29, 0.717) is 24.7 Å². The second kappa shape index (κ2) is 5.39. The van der Waals surface area contributed by atoms with Crippen LogP contribution in [0.4, 0.5) is 8.78 Å². The molecule has 2 aliphatic rings. The molecule has 0 saturated carbocycles. The maximum Gasteiger partial charge on any atom is 0.131 e. The molecule has 0 aliphatic carbocycles. The molecule has 5 heteroatoms. The first-order chi connectivity index (χ1) is 9.60. The summed E-state index contributed by atoms with van der Waals surface area (Å²) in [6.45, 7) is 3.08. The maximum absolute atomic E-state index is 14.1. The zero-order valence-corrected chi connectivity index (χ0v) is 11.8. The lowest BCUT2D eigenvalue weighted by Gasteiger charge is -2.38. The lowest BCUT2D eigenvalue weighted by molar-refractivity contribution is 0.0900. The van der Waals surface area contributed by atoms with Gasteiger partial charge >= 0.3 is 0 Å². The summed E-state index contributed by atoms with van der Waals surface area (Å²) in [6.07, 6.45) is 2.12. The first-order valence-corrected chi connectivity index (χ1v) is 7.22. The van der Waals surface area contributed by atoms with E-state index in [2.05, 4.69) is 16.8 Å². The predicted molar refractivity (Wildman–Crippen MR) is 74.2 cm³/mol. The van der Waals surface area contributed by atoms with Gasteiger partial charge < -0.3 is 10.6 Å². The van der Waals surface area contributed by atoms with Crippen molar-refractivity contribution in [3.05, 3.63) is 34.9 Å². The van der Waals surface area contributed by atoms with E-state index in [0.717, 1.165) is 37.6 Å². The fourth-order valence-electron chi connectivity index (χ4n) is 3.58. The van der Waals surface area contributed by atoms with Gasteiger partial charge in [-0.25, -0.2) is 8.78 Å². The number of rotatable bonds is 2. The van der Waals surface area contributed by atoms with Gasteiger partial charge in [0.15, 0.2) is 0 Å². The number of nitrogens with zero attached hydrogens (tertiary/aromatic N) is 2. The Hall–Kier alpha value is -1.04. The number of benzene rings is 1. The third-order valence-electron chi connectivity index (χ3n) is 4.65. The summed E-state index contributed by atoms with van der Waals surface area (Å²) in [5.41, 5.74) is 7.23. The van der Waals surface area contributed by atoms with E-state index in [4.69, 9.17) is 5.73 Å². The van der Waals surface area contributed by atoms with Gasteiger partial charge in [0.25, 0.3) is 0 Å². The summed E-state index contributed by atoms with van der Waals surface area (Å²) in [4.78, 5) is 4.57. The SMILES string of the molecule is CN1CCC(N2Cc3cc(F)cc(F)c3C2CN)CC1. The van der Waals surface area contributed by atoms with Crippen molar-refractivity contribution >= 4 is 0 Å². The molecule has 1 atom stereocenters. The molecule has 110 valence electrons. The Bertz CT molecular complexity index is 498. The van der Waals surface area contributed by atoms with Gasteiger partial charge in [-0.05, 0) is 44.6 Å². The highest BCUT2D eigenvalue weighted by Crippen LogP contribution is 2.38. The Morgan fingerprint density at radius 1 is 1.25 bits per heavy atom. The first kappa shape index (κ1) is 13.9. The van der Waals surface area contributed by atoms with Crippen LogP contribution >= 0.6 is 0 Å². The molecular formula is C15H21F2N3. The summed E-state index contributed by atoms with van der Waals surface area (Å²) in [5, 5.41) is 0. The maximum atomic E-state index is 14.1. The lowest BCUT2D eigenvalue weighted by atomic mass is 10.0. The summed E-state index contributed by atoms with van der Waals surface area (Å²) in [7, 11) is 2.12. The van der Waals surface area contributed by atoms with E-state index < -0.39 is 11.6 Å². The largest absolute Gasteiger partial charge is 0.329 e. The van der Waals surface area contributed by atoms with Crippen molar-refractivity contribution in [2.24, 2.45) is 5.73 Å². The van der Waals surface area contributed by atoms with Gasteiger partial charge in [-0.3, -0.25) is 4.90 Å². The molecule has 0 bridgehead atoms. The van der Waals surface area contributed by atoms with E-state index in [1.165, 1.54) is 6.07 Å². The Morgan fingerprint density at radius 2 is 1.95 bits per heavy atom. The van der Waals surface area contributed by atoms with Gasteiger partial charge in [0.05, 0.1) is 6.04 Å². The van der Waals surface area contributed by atoms with Crippen LogP contribution in [0.5, 0.6) is 0 Å². The van der Waals surface area contributed by atoms with E-state index >= 15 is 0 Å². The van der Waals surface area contributed by atoms with Crippen LogP contribution in [0.3, 0.4) is 0 Å². The summed E-state index contributed by atoms with van der Waals surface area (Å²) < 4.78 is 27.4. The Balaban J connectivity index is 1.87. The minimum Gasteiger partial charge on any atom is -0.329 e. The molecule has 3 nitrogen and oxygen atoms in total. The molecule has 2 aliphatic heterocycles. The minimum atomic E-state index is -0.498. The Labute approximate surface area is 118 Å². The van der Waals surface area contributed by atoms with Crippen LogP contribution in [0.15, 0.2) is 12.1 Å². The molecule has 1 aromatic carbocycles. The van der Waals surface area contributed by atoms with Crippen LogP contribution in [0.1, 0.15) is 30.0 Å². The molecule has 1 aromatic rings. The molecule has 20 heavy (non-hydrogen) atoms. The van der Waals surface area contributed by atoms with Crippen LogP contribution in [-0.4, -0.2) is 42.5 Å². The number of piperidine rings is 1. The zero-order chi connectivity index (χ0) is 14.3. The molecule has 0 radical (unpaired) electrons. The molecule has 1 fully saturated rings. The Morgan fingerprint density at radius 3 is 2.60 bits per heavy atom. The first-order valence-electron chi connectivity index (χ1n) is 7.22. The molecule has 2 heterocycles. The van der Waals surface area contributed by atoms with E-state index in [1.54, 1.807) is 0 Å². The highest BCUT2D eigenvalue weighted by molar-refractivity contribution is 5.36. The van der Waals surface area contributed by atoms with Gasteiger partial charge in [-0.2, -0.15) is 0 Å². The lowest BCUT2D eigenvalue weighted by Crippen LogP contribution is -2.44. The normalized spacial score (nSPS) is 25.1. The number of nitrogens with two attached hydrogens (primary N) is 1. The third kappa shape index (κ3) is 2.34. The van der Waals surface area contributed by atoms with Gasteiger partial charge in [-0.15, -0.1) is 0 Å². The quantitative estimate of drug-likeness (QED) is 0.898. The summed E-state index contributed by atoms with van der Waals surface area (Å²) in [5.74, 6) is -0.951. The molecule has 2 N–H and O–H groups in total. The fourth-order valence-corrected chi connectivity index (χ4v) is 3.58. The van der Waals surface area contributed by atoms with Crippen molar-refractivity contribution in [1.29, 1.82) is 0 Å². The van der Waals surface area contributed by atoms with Gasteiger partial charge in [0.1, 0.15) is 11.6 Å². The minimum absolute atomic E-state index is 0.112. The Kier molecular flexibility index (Phi) is 3.75. The third-order valence-corrected chi connectivity index (χ3v) is 4.65. The van der Waals surface area contributed by atoms with Crippen LogP contribution < -0.4 is 5.73 Å². The molecular weight excluding hydrogens is 260 g/mol. The number of hydrogen-bond acceptors (Lipinski definition) is 3. The van der Waals surface area contributed by atoms with Crippen LogP contribution in [-0.2, 0) is 6.54 Å².